The van der Waals surface area contributed by atoms with Gasteiger partial charge in [-0.1, -0.05) is 12.1 Å². The minimum atomic E-state index is -0.349. The first-order valence-corrected chi connectivity index (χ1v) is 7.39. The summed E-state index contributed by atoms with van der Waals surface area (Å²) in [4.78, 5) is 37.8. The molecule has 5 nitrogen and oxygen atoms in total. The molecule has 116 valence electrons. The number of nitrogens with zero attached hydrogens (tertiary/aromatic N) is 1. The van der Waals surface area contributed by atoms with Gasteiger partial charge < -0.3 is 5.32 Å². The lowest BCUT2D eigenvalue weighted by Crippen LogP contribution is -2.29. The minimum absolute atomic E-state index is 0.286. The highest BCUT2D eigenvalue weighted by molar-refractivity contribution is 6.22. The van der Waals surface area contributed by atoms with Gasteiger partial charge in [-0.3, -0.25) is 19.3 Å². The van der Waals surface area contributed by atoms with E-state index in [1.54, 1.807) is 19.1 Å². The lowest BCUT2D eigenvalue weighted by molar-refractivity contribution is 0.0662. The number of fused-ring (bicyclic) bond motifs is 1. The Balaban J connectivity index is 1.88. The van der Waals surface area contributed by atoms with Crippen molar-refractivity contribution in [3.63, 3.8) is 0 Å². The zero-order valence-electron chi connectivity index (χ0n) is 12.9. The number of hydrogen-bond donors (Lipinski definition) is 1. The van der Waals surface area contributed by atoms with Crippen LogP contribution in [-0.2, 0) is 0 Å². The molecule has 1 aliphatic heterocycles. The van der Waals surface area contributed by atoms with Gasteiger partial charge in [0.25, 0.3) is 17.7 Å². The van der Waals surface area contributed by atoms with Gasteiger partial charge in [-0.15, -0.1) is 0 Å². The lowest BCUT2D eigenvalue weighted by atomic mass is 10.1. The number of carbonyl (C=O) groups excluding carboxylic acids is 3. The van der Waals surface area contributed by atoms with Crippen molar-refractivity contribution in [3.05, 3.63) is 64.7 Å². The van der Waals surface area contributed by atoms with E-state index >= 15 is 0 Å². The second kappa shape index (κ2) is 5.68. The predicted octanol–water partition coefficient (Wildman–Crippen LogP) is 2.86. The maximum absolute atomic E-state index is 12.3. The second-order valence-corrected chi connectivity index (χ2v) is 5.44. The molecule has 1 aliphatic rings. The molecule has 0 radical (unpaired) electrons. The Hall–Kier alpha value is -2.95. The van der Waals surface area contributed by atoms with Gasteiger partial charge >= 0.3 is 0 Å². The van der Waals surface area contributed by atoms with Crippen LogP contribution in [0.5, 0.6) is 0 Å². The normalized spacial score (nSPS) is 13.2. The molecule has 0 aromatic heterocycles. The summed E-state index contributed by atoms with van der Waals surface area (Å²) in [6, 6.07) is 12.0. The predicted molar refractivity (Wildman–Crippen MR) is 86.6 cm³/mol. The molecule has 0 fully saturated rings. The molecule has 1 N–H and O–H groups in total. The summed E-state index contributed by atoms with van der Waals surface area (Å²) < 4.78 is 0. The molecule has 2 aromatic carbocycles. The van der Waals surface area contributed by atoms with Gasteiger partial charge in [0.15, 0.2) is 0 Å². The summed E-state index contributed by atoms with van der Waals surface area (Å²) in [5.41, 5.74) is 2.71. The van der Waals surface area contributed by atoms with Crippen LogP contribution in [0, 0.1) is 6.92 Å². The highest BCUT2D eigenvalue weighted by Gasteiger charge is 2.34. The molecule has 0 unspecified atom stereocenters. The van der Waals surface area contributed by atoms with Crippen molar-refractivity contribution in [2.24, 2.45) is 0 Å². The van der Waals surface area contributed by atoms with Gasteiger partial charge in [-0.25, -0.2) is 0 Å². The molecule has 1 heterocycles. The van der Waals surface area contributed by atoms with Crippen LogP contribution in [0.3, 0.4) is 0 Å². The van der Waals surface area contributed by atoms with Crippen molar-refractivity contribution in [1.82, 2.24) is 4.90 Å². The average Bonchev–Trinajstić information content (AvgIpc) is 2.78. The molecule has 3 amide bonds. The average molecular weight is 308 g/mol. The van der Waals surface area contributed by atoms with Crippen LogP contribution in [0.1, 0.15) is 43.6 Å². The minimum Gasteiger partial charge on any atom is -0.322 e. The molecule has 0 atom stereocenters. The van der Waals surface area contributed by atoms with Gasteiger partial charge in [0.2, 0.25) is 0 Å². The van der Waals surface area contributed by atoms with E-state index in [2.05, 4.69) is 5.32 Å². The Kier molecular flexibility index (Phi) is 3.70. The third kappa shape index (κ3) is 2.61. The van der Waals surface area contributed by atoms with Gasteiger partial charge in [0.1, 0.15) is 0 Å². The fourth-order valence-corrected chi connectivity index (χ4v) is 2.65. The van der Waals surface area contributed by atoms with Crippen LogP contribution in [-0.4, -0.2) is 29.2 Å². The number of imide groups is 1. The smallest absolute Gasteiger partial charge is 0.261 e. The second-order valence-electron chi connectivity index (χ2n) is 5.44. The zero-order valence-corrected chi connectivity index (χ0v) is 12.9. The van der Waals surface area contributed by atoms with E-state index in [-0.39, 0.29) is 23.3 Å². The molecule has 0 saturated carbocycles. The molecule has 3 rings (SSSR count). The standard InChI is InChI=1S/C18H16N2O3/c1-3-20-17(22)14-8-7-12(10-15(14)18(20)23)16(21)19-13-6-4-5-11(2)9-13/h4-10H,3H2,1-2H3,(H,19,21). The first kappa shape index (κ1) is 15.0. The molecule has 0 spiro atoms. The molecular weight excluding hydrogens is 292 g/mol. The Morgan fingerprint density at radius 1 is 1.04 bits per heavy atom. The van der Waals surface area contributed by atoms with E-state index in [4.69, 9.17) is 0 Å². The van der Waals surface area contributed by atoms with Gasteiger partial charge in [0.05, 0.1) is 11.1 Å². The van der Waals surface area contributed by atoms with Crippen LogP contribution in [0.15, 0.2) is 42.5 Å². The van der Waals surface area contributed by atoms with E-state index in [1.165, 1.54) is 17.0 Å². The molecule has 0 bridgehead atoms. The zero-order chi connectivity index (χ0) is 16.6. The number of benzene rings is 2. The molecule has 5 heteroatoms. The van der Waals surface area contributed by atoms with E-state index in [9.17, 15) is 14.4 Å². The number of rotatable bonds is 3. The number of aryl methyl sites for hydroxylation is 1. The maximum Gasteiger partial charge on any atom is 0.261 e. The first-order valence-electron chi connectivity index (χ1n) is 7.39. The molecule has 0 saturated heterocycles. The van der Waals surface area contributed by atoms with E-state index in [0.717, 1.165) is 5.56 Å². The monoisotopic (exact) mass is 308 g/mol. The summed E-state index contributed by atoms with van der Waals surface area (Å²) >= 11 is 0. The summed E-state index contributed by atoms with van der Waals surface area (Å²) in [5.74, 6) is -0.968. The van der Waals surface area contributed by atoms with E-state index in [0.29, 0.717) is 23.4 Å². The quantitative estimate of drug-likeness (QED) is 0.887. The van der Waals surface area contributed by atoms with E-state index < -0.39 is 0 Å². The summed E-state index contributed by atoms with van der Waals surface area (Å²) in [6.45, 7) is 4.00. The third-order valence-corrected chi connectivity index (χ3v) is 3.83. The van der Waals surface area contributed by atoms with E-state index in [1.807, 2.05) is 25.1 Å². The summed E-state index contributed by atoms with van der Waals surface area (Å²) in [6.07, 6.45) is 0. The highest BCUT2D eigenvalue weighted by atomic mass is 16.2. The Labute approximate surface area is 133 Å². The van der Waals surface area contributed by atoms with Crippen LogP contribution in [0.2, 0.25) is 0 Å². The van der Waals surface area contributed by atoms with Crippen molar-refractivity contribution in [2.45, 2.75) is 13.8 Å². The molecule has 0 aliphatic carbocycles. The topological polar surface area (TPSA) is 66.5 Å². The van der Waals surface area contributed by atoms with Gasteiger partial charge in [-0.05, 0) is 49.7 Å². The van der Waals surface area contributed by atoms with Crippen LogP contribution < -0.4 is 5.32 Å². The van der Waals surface area contributed by atoms with Gasteiger partial charge in [-0.2, -0.15) is 0 Å². The Morgan fingerprint density at radius 3 is 2.48 bits per heavy atom. The van der Waals surface area contributed by atoms with Crippen molar-refractivity contribution in [2.75, 3.05) is 11.9 Å². The fraction of sp³-hybridized carbons (Fsp3) is 0.167. The number of carbonyl (C=O) groups is 3. The summed E-state index contributed by atoms with van der Waals surface area (Å²) in [7, 11) is 0. The number of amides is 3. The van der Waals surface area contributed by atoms with Crippen molar-refractivity contribution in [1.29, 1.82) is 0 Å². The Bertz CT molecular complexity index is 827. The summed E-state index contributed by atoms with van der Waals surface area (Å²) in [5, 5.41) is 2.79. The lowest BCUT2D eigenvalue weighted by Gasteiger charge is -2.08. The van der Waals surface area contributed by atoms with Gasteiger partial charge in [0, 0.05) is 17.8 Å². The number of anilines is 1. The molecule has 23 heavy (non-hydrogen) atoms. The van der Waals surface area contributed by atoms with Crippen molar-refractivity contribution < 1.29 is 14.4 Å². The fourth-order valence-electron chi connectivity index (χ4n) is 2.65. The number of nitrogens with one attached hydrogen (secondary N) is 1. The first-order chi connectivity index (χ1) is 11.0. The van der Waals surface area contributed by atoms with Crippen molar-refractivity contribution in [3.8, 4) is 0 Å². The highest BCUT2D eigenvalue weighted by Crippen LogP contribution is 2.24. The van der Waals surface area contributed by atoms with Crippen LogP contribution in [0.4, 0.5) is 5.69 Å². The molecule has 2 aromatic rings. The van der Waals surface area contributed by atoms with Crippen molar-refractivity contribution >= 4 is 23.4 Å². The molecular formula is C18H16N2O3. The van der Waals surface area contributed by atoms with Crippen LogP contribution in [0.25, 0.3) is 0 Å². The maximum atomic E-state index is 12.3. The third-order valence-electron chi connectivity index (χ3n) is 3.83. The Morgan fingerprint density at radius 2 is 1.78 bits per heavy atom. The SMILES string of the molecule is CCN1C(=O)c2ccc(C(=O)Nc3cccc(C)c3)cc2C1=O. The van der Waals surface area contributed by atoms with Crippen LogP contribution >= 0.6 is 0 Å². The number of hydrogen-bond acceptors (Lipinski definition) is 3. The largest absolute Gasteiger partial charge is 0.322 e.